The first-order chi connectivity index (χ1) is 8.97. The second-order valence-corrected chi connectivity index (χ2v) is 4.83. The Bertz CT molecular complexity index is 593. The third kappa shape index (κ3) is 3.08. The van der Waals surface area contributed by atoms with E-state index >= 15 is 0 Å². The van der Waals surface area contributed by atoms with Crippen molar-refractivity contribution in [3.8, 4) is 0 Å². The van der Waals surface area contributed by atoms with Crippen molar-refractivity contribution in [2.75, 3.05) is 0 Å². The maximum atomic E-state index is 13.0. The van der Waals surface area contributed by atoms with Gasteiger partial charge in [0.25, 0.3) is 0 Å². The predicted octanol–water partition coefficient (Wildman–Crippen LogP) is 1.30. The quantitative estimate of drug-likeness (QED) is 0.778. The fourth-order valence-corrected chi connectivity index (χ4v) is 1.71. The Labute approximate surface area is 110 Å². The normalized spacial score (nSPS) is 12.9. The number of amides is 1. The lowest BCUT2D eigenvalue weighted by molar-refractivity contribution is -0.123. The molecular formula is C13H17FN4O. The summed E-state index contributed by atoms with van der Waals surface area (Å²) >= 11 is 0. The number of halogens is 1. The fourth-order valence-electron chi connectivity index (χ4n) is 1.71. The number of aromatic amines is 1. The highest BCUT2D eigenvalue weighted by Crippen LogP contribution is 2.12. The van der Waals surface area contributed by atoms with Gasteiger partial charge in [0.05, 0.1) is 23.6 Å². The van der Waals surface area contributed by atoms with Crippen LogP contribution in [-0.4, -0.2) is 21.9 Å². The molecule has 5 nitrogen and oxygen atoms in total. The molecule has 0 aliphatic heterocycles. The lowest BCUT2D eigenvalue weighted by Crippen LogP contribution is -2.43. The number of fused-ring (bicyclic) bond motifs is 1. The van der Waals surface area contributed by atoms with Crippen molar-refractivity contribution < 1.29 is 9.18 Å². The summed E-state index contributed by atoms with van der Waals surface area (Å²) in [4.78, 5) is 18.9. The first kappa shape index (κ1) is 13.5. The molecule has 0 aliphatic rings. The number of hydrogen-bond acceptors (Lipinski definition) is 3. The number of benzene rings is 1. The van der Waals surface area contributed by atoms with Crippen molar-refractivity contribution in [2.24, 2.45) is 11.7 Å². The lowest BCUT2D eigenvalue weighted by Gasteiger charge is -2.14. The van der Waals surface area contributed by atoms with Gasteiger partial charge in [-0.2, -0.15) is 0 Å². The molecular weight excluding hydrogens is 247 g/mol. The van der Waals surface area contributed by atoms with Gasteiger partial charge < -0.3 is 16.0 Å². The zero-order valence-corrected chi connectivity index (χ0v) is 10.9. The number of carbonyl (C=O) groups is 1. The second-order valence-electron chi connectivity index (χ2n) is 4.83. The van der Waals surface area contributed by atoms with E-state index in [-0.39, 0.29) is 24.2 Å². The fraction of sp³-hybridized carbons (Fsp3) is 0.385. The zero-order valence-electron chi connectivity index (χ0n) is 10.9. The van der Waals surface area contributed by atoms with E-state index in [2.05, 4.69) is 15.3 Å². The van der Waals surface area contributed by atoms with E-state index in [9.17, 15) is 9.18 Å². The van der Waals surface area contributed by atoms with Crippen LogP contribution in [0.2, 0.25) is 0 Å². The largest absolute Gasteiger partial charge is 0.348 e. The van der Waals surface area contributed by atoms with E-state index in [4.69, 9.17) is 5.73 Å². The molecule has 0 unspecified atom stereocenters. The summed E-state index contributed by atoms with van der Waals surface area (Å²) in [6.07, 6.45) is 0. The zero-order chi connectivity index (χ0) is 14.0. The van der Waals surface area contributed by atoms with Crippen LogP contribution >= 0.6 is 0 Å². The Hall–Kier alpha value is -1.95. The maximum Gasteiger partial charge on any atom is 0.237 e. The van der Waals surface area contributed by atoms with Crippen LogP contribution in [-0.2, 0) is 11.3 Å². The number of rotatable bonds is 4. The summed E-state index contributed by atoms with van der Waals surface area (Å²) in [5, 5.41) is 2.70. The third-order valence-corrected chi connectivity index (χ3v) is 2.94. The molecule has 1 amide bonds. The van der Waals surface area contributed by atoms with E-state index in [0.717, 1.165) is 0 Å². The number of hydrogen-bond donors (Lipinski definition) is 3. The van der Waals surface area contributed by atoms with Crippen LogP contribution in [0.15, 0.2) is 18.2 Å². The van der Waals surface area contributed by atoms with Crippen LogP contribution in [0, 0.1) is 11.7 Å². The average molecular weight is 264 g/mol. The molecule has 0 fully saturated rings. The molecule has 19 heavy (non-hydrogen) atoms. The first-order valence-electron chi connectivity index (χ1n) is 6.15. The van der Waals surface area contributed by atoms with Gasteiger partial charge in [0.1, 0.15) is 11.6 Å². The van der Waals surface area contributed by atoms with Crippen LogP contribution in [0.25, 0.3) is 11.0 Å². The van der Waals surface area contributed by atoms with Crippen LogP contribution in [0.5, 0.6) is 0 Å². The van der Waals surface area contributed by atoms with E-state index < -0.39 is 6.04 Å². The number of nitrogens with zero attached hydrogens (tertiary/aromatic N) is 1. The Morgan fingerprint density at radius 2 is 2.26 bits per heavy atom. The number of imidazole rings is 1. The number of aromatic nitrogens is 2. The van der Waals surface area contributed by atoms with E-state index in [1.807, 2.05) is 13.8 Å². The monoisotopic (exact) mass is 264 g/mol. The number of nitrogens with one attached hydrogen (secondary N) is 2. The summed E-state index contributed by atoms with van der Waals surface area (Å²) in [6.45, 7) is 4.01. The topological polar surface area (TPSA) is 83.8 Å². The Kier molecular flexibility index (Phi) is 3.80. The molecule has 1 aromatic carbocycles. The molecule has 4 N–H and O–H groups in total. The molecule has 0 spiro atoms. The Balaban J connectivity index is 2.04. The molecule has 2 aromatic rings. The number of carbonyl (C=O) groups excluding carboxylic acids is 1. The van der Waals surface area contributed by atoms with Crippen molar-refractivity contribution in [1.82, 2.24) is 15.3 Å². The first-order valence-corrected chi connectivity index (χ1v) is 6.15. The predicted molar refractivity (Wildman–Crippen MR) is 70.7 cm³/mol. The minimum Gasteiger partial charge on any atom is -0.348 e. The van der Waals surface area contributed by atoms with Gasteiger partial charge in [0.15, 0.2) is 0 Å². The van der Waals surface area contributed by atoms with Gasteiger partial charge in [-0.15, -0.1) is 0 Å². The van der Waals surface area contributed by atoms with Crippen LogP contribution in [0.3, 0.4) is 0 Å². The highest BCUT2D eigenvalue weighted by molar-refractivity contribution is 5.81. The highest BCUT2D eigenvalue weighted by Gasteiger charge is 2.17. The third-order valence-electron chi connectivity index (χ3n) is 2.94. The molecule has 0 saturated carbocycles. The molecule has 1 atom stereocenters. The minimum atomic E-state index is -0.540. The second kappa shape index (κ2) is 5.36. The minimum absolute atomic E-state index is 0.0739. The van der Waals surface area contributed by atoms with Crippen LogP contribution < -0.4 is 11.1 Å². The Morgan fingerprint density at radius 1 is 1.53 bits per heavy atom. The van der Waals surface area contributed by atoms with Crippen molar-refractivity contribution in [2.45, 2.75) is 26.4 Å². The smallest absolute Gasteiger partial charge is 0.237 e. The highest BCUT2D eigenvalue weighted by atomic mass is 19.1. The molecule has 0 aliphatic carbocycles. The molecule has 6 heteroatoms. The van der Waals surface area contributed by atoms with Crippen molar-refractivity contribution in [3.63, 3.8) is 0 Å². The van der Waals surface area contributed by atoms with Crippen LogP contribution in [0.1, 0.15) is 19.7 Å². The summed E-state index contributed by atoms with van der Waals surface area (Å²) in [5.74, 6) is 0.102. The van der Waals surface area contributed by atoms with Crippen molar-refractivity contribution in [3.05, 3.63) is 29.8 Å². The van der Waals surface area contributed by atoms with E-state index in [1.54, 1.807) is 6.07 Å². The van der Waals surface area contributed by atoms with Gasteiger partial charge in [0.2, 0.25) is 5.91 Å². The van der Waals surface area contributed by atoms with Gasteiger partial charge >= 0.3 is 0 Å². The standard InChI is InChI=1S/C13H17FN4O/c1-7(2)12(15)13(19)16-6-11-17-9-4-3-8(14)5-10(9)18-11/h3-5,7,12H,6,15H2,1-2H3,(H,16,19)(H,17,18)/t12-/m0/s1. The number of nitrogens with two attached hydrogens (primary N) is 1. The van der Waals surface area contributed by atoms with E-state index in [0.29, 0.717) is 16.9 Å². The lowest BCUT2D eigenvalue weighted by atomic mass is 10.1. The SMILES string of the molecule is CC(C)[C@H](N)C(=O)NCc1nc2ccc(F)cc2[nH]1. The van der Waals surface area contributed by atoms with Crippen molar-refractivity contribution >= 4 is 16.9 Å². The molecule has 0 radical (unpaired) electrons. The van der Waals surface area contributed by atoms with Gasteiger partial charge in [-0.05, 0) is 24.1 Å². The summed E-state index contributed by atoms with van der Waals surface area (Å²) in [6, 6.07) is 3.77. The van der Waals surface area contributed by atoms with Gasteiger partial charge in [-0.1, -0.05) is 13.8 Å². The molecule has 0 bridgehead atoms. The average Bonchev–Trinajstić information content (AvgIpc) is 2.76. The summed E-state index contributed by atoms with van der Waals surface area (Å²) in [5.41, 5.74) is 7.00. The summed E-state index contributed by atoms with van der Waals surface area (Å²) < 4.78 is 13.0. The molecule has 1 heterocycles. The van der Waals surface area contributed by atoms with Gasteiger partial charge in [-0.3, -0.25) is 4.79 Å². The molecule has 102 valence electrons. The maximum absolute atomic E-state index is 13.0. The van der Waals surface area contributed by atoms with Crippen molar-refractivity contribution in [1.29, 1.82) is 0 Å². The van der Waals surface area contributed by atoms with Gasteiger partial charge in [-0.25, -0.2) is 9.37 Å². The van der Waals surface area contributed by atoms with E-state index in [1.165, 1.54) is 12.1 Å². The Morgan fingerprint density at radius 3 is 2.95 bits per heavy atom. The molecule has 1 aromatic heterocycles. The van der Waals surface area contributed by atoms with Crippen LogP contribution in [0.4, 0.5) is 4.39 Å². The molecule has 0 saturated heterocycles. The molecule has 2 rings (SSSR count). The summed E-state index contributed by atoms with van der Waals surface area (Å²) in [7, 11) is 0. The van der Waals surface area contributed by atoms with Gasteiger partial charge in [0, 0.05) is 0 Å². The number of H-pyrrole nitrogens is 1.